The van der Waals surface area contributed by atoms with Gasteiger partial charge in [0.15, 0.2) is 5.78 Å². The van der Waals surface area contributed by atoms with E-state index in [0.717, 1.165) is 25.3 Å². The van der Waals surface area contributed by atoms with Crippen LogP contribution in [0.4, 0.5) is 11.4 Å². The molecule has 0 aromatic heterocycles. The lowest BCUT2D eigenvalue weighted by molar-refractivity contribution is -0.384. The summed E-state index contributed by atoms with van der Waals surface area (Å²) in [4.78, 5) is 59.4. The molecule has 150 valence electrons. The number of nitro groups is 1. The predicted molar refractivity (Wildman–Crippen MR) is 103 cm³/mol. The van der Waals surface area contributed by atoms with Crippen LogP contribution in [0.1, 0.15) is 16.8 Å². The van der Waals surface area contributed by atoms with Gasteiger partial charge < -0.3 is 10.1 Å². The zero-order chi connectivity index (χ0) is 21.6. The zero-order valence-electron chi connectivity index (χ0n) is 15.1. The van der Waals surface area contributed by atoms with Gasteiger partial charge in [-0.2, -0.15) is 0 Å². The van der Waals surface area contributed by atoms with Gasteiger partial charge in [0.1, 0.15) is 5.92 Å². The summed E-state index contributed by atoms with van der Waals surface area (Å²) >= 11 is 5.90. The summed E-state index contributed by atoms with van der Waals surface area (Å²) in [6, 6.07) is 11.0. The third-order valence-electron chi connectivity index (χ3n) is 3.93. The fraction of sp³-hybridized carbons (Fsp3) is 0.158. The molecule has 0 bridgehead atoms. The highest BCUT2D eigenvalue weighted by atomic mass is 35.5. The maximum Gasteiger partial charge on any atom is 0.306 e. The van der Waals surface area contributed by atoms with Crippen LogP contribution in [-0.2, 0) is 19.1 Å². The normalized spacial score (nSPS) is 11.2. The number of halogens is 1. The number of Topliss-reactive ketones (excluding diaryl/α,β-unsaturated/α-hetero) is 2. The van der Waals surface area contributed by atoms with E-state index in [0.29, 0.717) is 0 Å². The number of hydrogen-bond donors (Lipinski definition) is 1. The van der Waals surface area contributed by atoms with Gasteiger partial charge in [-0.05, 0) is 6.07 Å². The number of nitro benzene ring substituents is 1. The molecule has 0 aliphatic heterocycles. The quantitative estimate of drug-likeness (QED) is 0.174. The van der Waals surface area contributed by atoms with Crippen molar-refractivity contribution >= 4 is 46.4 Å². The first kappa shape index (κ1) is 21.7. The molecule has 0 aliphatic carbocycles. The molecule has 2 aromatic rings. The molecule has 29 heavy (non-hydrogen) atoms. The molecule has 0 saturated carbocycles. The van der Waals surface area contributed by atoms with Crippen molar-refractivity contribution in [1.82, 2.24) is 0 Å². The van der Waals surface area contributed by atoms with E-state index in [9.17, 15) is 29.3 Å². The molecule has 0 unspecified atom stereocenters. The summed E-state index contributed by atoms with van der Waals surface area (Å²) < 4.78 is 4.51. The van der Waals surface area contributed by atoms with E-state index in [4.69, 9.17) is 11.6 Å². The van der Waals surface area contributed by atoms with Gasteiger partial charge in [-0.15, -0.1) is 0 Å². The molecule has 1 N–H and O–H groups in total. The minimum atomic E-state index is -1.60. The monoisotopic (exact) mass is 418 g/mol. The standard InChI is InChI=1S/C19H15ClN2O7/c1-29-16(23)10-13(17(24)11-5-3-2-4-6-11)18(25)19(26)21-15-8-7-12(22(27)28)9-14(15)20/h2-9,13H,10H2,1H3,(H,21,26)/t13-/m0/s1. The van der Waals surface area contributed by atoms with E-state index in [2.05, 4.69) is 10.1 Å². The molecule has 0 aliphatic rings. The van der Waals surface area contributed by atoms with E-state index >= 15 is 0 Å². The number of hydrogen-bond acceptors (Lipinski definition) is 7. The van der Waals surface area contributed by atoms with E-state index in [-0.39, 0.29) is 22.0 Å². The van der Waals surface area contributed by atoms with Gasteiger partial charge in [-0.1, -0.05) is 41.9 Å². The fourth-order valence-corrected chi connectivity index (χ4v) is 2.64. The van der Waals surface area contributed by atoms with Crippen molar-refractivity contribution in [3.8, 4) is 0 Å². The van der Waals surface area contributed by atoms with Gasteiger partial charge in [-0.3, -0.25) is 29.3 Å². The number of nitrogens with zero attached hydrogens (tertiary/aromatic N) is 1. The summed E-state index contributed by atoms with van der Waals surface area (Å²) in [6.45, 7) is 0. The van der Waals surface area contributed by atoms with Gasteiger partial charge in [0, 0.05) is 17.7 Å². The van der Waals surface area contributed by atoms with Crippen LogP contribution < -0.4 is 5.32 Å². The van der Waals surface area contributed by atoms with Gasteiger partial charge in [-0.25, -0.2) is 0 Å². The summed E-state index contributed by atoms with van der Waals surface area (Å²) in [5, 5.41) is 12.8. The molecule has 9 nitrogen and oxygen atoms in total. The molecule has 0 heterocycles. The number of ketones is 2. The molecule has 2 rings (SSSR count). The first-order valence-electron chi connectivity index (χ1n) is 8.19. The Morgan fingerprint density at radius 2 is 1.79 bits per heavy atom. The lowest BCUT2D eigenvalue weighted by atomic mass is 9.90. The SMILES string of the molecule is COC(=O)C[C@H](C(=O)C(=O)Nc1ccc([N+](=O)[O-])cc1Cl)C(=O)c1ccccc1. The summed E-state index contributed by atoms with van der Waals surface area (Å²) in [7, 11) is 1.09. The average molecular weight is 419 g/mol. The predicted octanol–water partition coefficient (Wildman–Crippen LogP) is 2.82. The van der Waals surface area contributed by atoms with Crippen molar-refractivity contribution in [3.05, 3.63) is 69.2 Å². The van der Waals surface area contributed by atoms with Gasteiger partial charge >= 0.3 is 5.97 Å². The second-order valence-electron chi connectivity index (χ2n) is 5.80. The van der Waals surface area contributed by atoms with Crippen LogP contribution >= 0.6 is 11.6 Å². The molecule has 0 saturated heterocycles. The van der Waals surface area contributed by atoms with Crippen molar-refractivity contribution < 1.29 is 28.8 Å². The van der Waals surface area contributed by atoms with Crippen molar-refractivity contribution in [3.63, 3.8) is 0 Å². The van der Waals surface area contributed by atoms with E-state index in [1.54, 1.807) is 18.2 Å². The number of methoxy groups -OCH3 is 1. The van der Waals surface area contributed by atoms with Gasteiger partial charge in [0.05, 0.1) is 29.2 Å². The molecule has 10 heteroatoms. The summed E-state index contributed by atoms with van der Waals surface area (Å²) in [6.07, 6.45) is -0.621. The minimum Gasteiger partial charge on any atom is -0.469 e. The Morgan fingerprint density at radius 1 is 1.14 bits per heavy atom. The highest BCUT2D eigenvalue weighted by molar-refractivity contribution is 6.46. The first-order chi connectivity index (χ1) is 13.7. The van der Waals surface area contributed by atoms with Crippen LogP contribution in [0.5, 0.6) is 0 Å². The number of benzene rings is 2. The lowest BCUT2D eigenvalue weighted by Crippen LogP contribution is -2.36. The molecular weight excluding hydrogens is 404 g/mol. The largest absolute Gasteiger partial charge is 0.469 e. The third kappa shape index (κ3) is 5.45. The highest BCUT2D eigenvalue weighted by Gasteiger charge is 2.34. The number of esters is 1. The van der Waals surface area contributed by atoms with Crippen LogP contribution in [0.3, 0.4) is 0 Å². The second-order valence-corrected chi connectivity index (χ2v) is 6.21. The number of ether oxygens (including phenoxy) is 1. The number of nitrogens with one attached hydrogen (secondary N) is 1. The maximum atomic E-state index is 12.7. The Labute approximate surface area is 169 Å². The second kappa shape index (κ2) is 9.56. The number of non-ortho nitro benzene ring substituents is 1. The van der Waals surface area contributed by atoms with Crippen LogP contribution in [0.2, 0.25) is 5.02 Å². The minimum absolute atomic E-state index is 0.0559. The molecule has 2 aromatic carbocycles. The van der Waals surface area contributed by atoms with Crippen LogP contribution in [-0.4, -0.2) is 35.5 Å². The Bertz CT molecular complexity index is 976. The fourth-order valence-electron chi connectivity index (χ4n) is 2.42. The van der Waals surface area contributed by atoms with Crippen LogP contribution in [0.25, 0.3) is 0 Å². The van der Waals surface area contributed by atoms with E-state index in [1.807, 2.05) is 0 Å². The molecule has 1 atom stereocenters. The average Bonchev–Trinajstić information content (AvgIpc) is 2.72. The van der Waals surface area contributed by atoms with Crippen molar-refractivity contribution in [2.45, 2.75) is 6.42 Å². The smallest absolute Gasteiger partial charge is 0.306 e. The van der Waals surface area contributed by atoms with Crippen molar-refractivity contribution in [1.29, 1.82) is 0 Å². The van der Waals surface area contributed by atoms with E-state index < -0.39 is 40.7 Å². The number of carbonyl (C=O) groups excluding carboxylic acids is 4. The molecular formula is C19H15ClN2O7. The van der Waals surface area contributed by atoms with Crippen LogP contribution in [0.15, 0.2) is 48.5 Å². The zero-order valence-corrected chi connectivity index (χ0v) is 15.8. The van der Waals surface area contributed by atoms with E-state index in [1.165, 1.54) is 12.1 Å². The Hall–Kier alpha value is -3.59. The number of anilines is 1. The lowest BCUT2D eigenvalue weighted by Gasteiger charge is -2.14. The number of amides is 1. The number of carbonyl (C=O) groups is 4. The number of rotatable bonds is 8. The van der Waals surface area contributed by atoms with Crippen molar-refractivity contribution in [2.75, 3.05) is 12.4 Å². The Kier molecular flexibility index (Phi) is 7.15. The van der Waals surface area contributed by atoms with Gasteiger partial charge in [0.25, 0.3) is 11.6 Å². The third-order valence-corrected chi connectivity index (χ3v) is 4.24. The molecule has 1 amide bonds. The first-order valence-corrected chi connectivity index (χ1v) is 8.57. The molecule has 0 fully saturated rings. The topological polar surface area (TPSA) is 133 Å². The van der Waals surface area contributed by atoms with Crippen molar-refractivity contribution in [2.24, 2.45) is 5.92 Å². The van der Waals surface area contributed by atoms with Crippen LogP contribution in [0, 0.1) is 16.0 Å². The molecule has 0 radical (unpaired) electrons. The Balaban J connectivity index is 2.26. The maximum absolute atomic E-state index is 12.7. The molecule has 0 spiro atoms. The Morgan fingerprint density at radius 3 is 2.34 bits per heavy atom. The summed E-state index contributed by atoms with van der Waals surface area (Å²) in [5.41, 5.74) is -0.210. The van der Waals surface area contributed by atoms with Gasteiger partial charge in [0.2, 0.25) is 5.78 Å². The summed E-state index contributed by atoms with van der Waals surface area (Å²) in [5.74, 6) is -5.51. The highest BCUT2D eigenvalue weighted by Crippen LogP contribution is 2.27.